The van der Waals surface area contributed by atoms with E-state index in [-0.39, 0.29) is 5.56 Å². The molecule has 0 spiro atoms. The number of para-hydroxylation sites is 1. The third kappa shape index (κ3) is 3.75. The van der Waals surface area contributed by atoms with Crippen LogP contribution in [0, 0.1) is 22.7 Å². The molecule has 0 aliphatic rings. The van der Waals surface area contributed by atoms with E-state index in [1.165, 1.54) is 11.8 Å². The summed E-state index contributed by atoms with van der Waals surface area (Å²) >= 11 is 1.45. The highest BCUT2D eigenvalue weighted by molar-refractivity contribution is 7.98. The van der Waals surface area contributed by atoms with Crippen molar-refractivity contribution >= 4 is 22.7 Å². The average Bonchev–Trinajstić information content (AvgIpc) is 2.78. The number of hydrogen-bond acceptors (Lipinski definition) is 5. The molecule has 0 N–H and O–H groups in total. The molecule has 0 fully saturated rings. The van der Waals surface area contributed by atoms with Crippen molar-refractivity contribution in [1.29, 1.82) is 10.5 Å². The number of benzene rings is 3. The molecule has 0 aliphatic carbocycles. The standard InChI is InChI=1S/C23H14N4OS/c24-13-16-5-7-18(8-6-16)15-29-23-26-21-4-2-1-3-20(21)22(28)27(23)19-11-9-17(14-25)10-12-19/h1-12H,15H2. The monoisotopic (exact) mass is 394 g/mol. The lowest BCUT2D eigenvalue weighted by atomic mass is 10.2. The highest BCUT2D eigenvalue weighted by atomic mass is 32.2. The van der Waals surface area contributed by atoms with Gasteiger partial charge in [0.2, 0.25) is 0 Å². The van der Waals surface area contributed by atoms with Gasteiger partial charge in [0.25, 0.3) is 5.56 Å². The number of nitrogens with zero attached hydrogens (tertiary/aromatic N) is 4. The summed E-state index contributed by atoms with van der Waals surface area (Å²) in [6.45, 7) is 0. The van der Waals surface area contributed by atoms with Gasteiger partial charge >= 0.3 is 0 Å². The summed E-state index contributed by atoms with van der Waals surface area (Å²) in [5.41, 5.74) is 3.32. The largest absolute Gasteiger partial charge is 0.268 e. The van der Waals surface area contributed by atoms with E-state index < -0.39 is 0 Å². The van der Waals surface area contributed by atoms with Crippen LogP contribution in [-0.4, -0.2) is 9.55 Å². The molecule has 1 aromatic heterocycles. The fraction of sp³-hybridized carbons (Fsp3) is 0.0435. The first-order valence-electron chi connectivity index (χ1n) is 8.84. The van der Waals surface area contributed by atoms with Crippen LogP contribution in [0.1, 0.15) is 16.7 Å². The van der Waals surface area contributed by atoms with Crippen LogP contribution < -0.4 is 5.56 Å². The topological polar surface area (TPSA) is 82.5 Å². The number of aromatic nitrogens is 2. The van der Waals surface area contributed by atoms with Crippen molar-refractivity contribution in [2.45, 2.75) is 10.9 Å². The van der Waals surface area contributed by atoms with Crippen LogP contribution in [0.25, 0.3) is 16.6 Å². The van der Waals surface area contributed by atoms with Crippen molar-refractivity contribution < 1.29 is 0 Å². The molecule has 138 valence electrons. The molecule has 3 aromatic carbocycles. The minimum absolute atomic E-state index is 0.150. The first kappa shape index (κ1) is 18.5. The Morgan fingerprint density at radius 3 is 2.14 bits per heavy atom. The van der Waals surface area contributed by atoms with E-state index in [2.05, 4.69) is 12.1 Å². The number of nitriles is 2. The van der Waals surface area contributed by atoms with Gasteiger partial charge in [0.05, 0.1) is 39.9 Å². The van der Waals surface area contributed by atoms with Crippen molar-refractivity contribution in [3.8, 4) is 17.8 Å². The number of hydrogen-bond donors (Lipinski definition) is 0. The Hall–Kier alpha value is -3.87. The van der Waals surface area contributed by atoms with Gasteiger partial charge in [-0.1, -0.05) is 36.0 Å². The normalized spacial score (nSPS) is 10.4. The molecular weight excluding hydrogens is 380 g/mol. The summed E-state index contributed by atoms with van der Waals surface area (Å²) in [5.74, 6) is 0.604. The Bertz CT molecular complexity index is 1330. The Morgan fingerprint density at radius 2 is 1.48 bits per heavy atom. The van der Waals surface area contributed by atoms with Crippen molar-refractivity contribution in [2.24, 2.45) is 0 Å². The van der Waals surface area contributed by atoms with E-state index in [9.17, 15) is 4.79 Å². The van der Waals surface area contributed by atoms with Crippen LogP contribution in [0.2, 0.25) is 0 Å². The zero-order valence-electron chi connectivity index (χ0n) is 15.2. The Balaban J connectivity index is 1.79. The van der Waals surface area contributed by atoms with Crippen LogP contribution >= 0.6 is 11.8 Å². The summed E-state index contributed by atoms with van der Waals surface area (Å²) in [7, 11) is 0. The van der Waals surface area contributed by atoms with Crippen molar-refractivity contribution in [1.82, 2.24) is 9.55 Å². The molecule has 4 rings (SSSR count). The highest BCUT2D eigenvalue weighted by Crippen LogP contribution is 2.25. The smallest absolute Gasteiger partial charge is 0.266 e. The van der Waals surface area contributed by atoms with Crippen LogP contribution in [0.3, 0.4) is 0 Å². The quantitative estimate of drug-likeness (QED) is 0.378. The van der Waals surface area contributed by atoms with Gasteiger partial charge in [0, 0.05) is 5.75 Å². The second kappa shape index (κ2) is 8.02. The third-order valence-corrected chi connectivity index (χ3v) is 5.46. The van der Waals surface area contributed by atoms with Crippen LogP contribution in [0.5, 0.6) is 0 Å². The summed E-state index contributed by atoms with van der Waals surface area (Å²) < 4.78 is 1.58. The van der Waals surface area contributed by atoms with Gasteiger partial charge in [0.1, 0.15) is 0 Å². The molecular formula is C23H14N4OS. The van der Waals surface area contributed by atoms with Gasteiger partial charge in [-0.3, -0.25) is 9.36 Å². The van der Waals surface area contributed by atoms with E-state index in [1.807, 2.05) is 30.3 Å². The Morgan fingerprint density at radius 1 is 0.862 bits per heavy atom. The fourth-order valence-corrected chi connectivity index (χ4v) is 3.91. The molecule has 4 aromatic rings. The van der Waals surface area contributed by atoms with E-state index in [0.717, 1.165) is 5.56 Å². The van der Waals surface area contributed by atoms with Crippen molar-refractivity contribution in [2.75, 3.05) is 0 Å². The number of fused-ring (bicyclic) bond motifs is 1. The van der Waals surface area contributed by atoms with Gasteiger partial charge in [-0.25, -0.2) is 4.98 Å². The Kier molecular flexibility index (Phi) is 5.11. The maximum atomic E-state index is 13.2. The van der Waals surface area contributed by atoms with E-state index >= 15 is 0 Å². The van der Waals surface area contributed by atoms with Crippen LogP contribution in [0.15, 0.2) is 82.7 Å². The van der Waals surface area contributed by atoms with Crippen LogP contribution in [0.4, 0.5) is 0 Å². The number of thioether (sulfide) groups is 1. The summed E-state index contributed by atoms with van der Waals surface area (Å²) in [5, 5.41) is 19.1. The molecule has 0 aliphatic heterocycles. The minimum Gasteiger partial charge on any atom is -0.268 e. The summed E-state index contributed by atoms with van der Waals surface area (Å²) in [4.78, 5) is 17.9. The molecule has 0 radical (unpaired) electrons. The fourth-order valence-electron chi connectivity index (χ4n) is 2.95. The highest BCUT2D eigenvalue weighted by Gasteiger charge is 2.13. The molecule has 0 saturated heterocycles. The molecule has 0 bridgehead atoms. The SMILES string of the molecule is N#Cc1ccc(CSc2nc3ccccc3c(=O)n2-c2ccc(C#N)cc2)cc1. The first-order valence-corrected chi connectivity index (χ1v) is 9.82. The molecule has 29 heavy (non-hydrogen) atoms. The van der Waals surface area contributed by atoms with E-state index in [4.69, 9.17) is 15.5 Å². The molecule has 1 heterocycles. The molecule has 6 heteroatoms. The van der Waals surface area contributed by atoms with E-state index in [0.29, 0.717) is 38.6 Å². The number of rotatable bonds is 4. The lowest BCUT2D eigenvalue weighted by molar-refractivity contribution is 0.819. The lowest BCUT2D eigenvalue weighted by Gasteiger charge is -2.13. The second-order valence-electron chi connectivity index (χ2n) is 6.31. The Labute approximate surface area is 171 Å². The van der Waals surface area contributed by atoms with Gasteiger partial charge in [-0.15, -0.1) is 0 Å². The first-order chi connectivity index (χ1) is 14.2. The lowest BCUT2D eigenvalue weighted by Crippen LogP contribution is -2.21. The predicted molar refractivity (Wildman–Crippen MR) is 113 cm³/mol. The zero-order chi connectivity index (χ0) is 20.2. The van der Waals surface area contributed by atoms with E-state index in [1.54, 1.807) is 47.0 Å². The van der Waals surface area contributed by atoms with Gasteiger partial charge in [-0.2, -0.15) is 10.5 Å². The van der Waals surface area contributed by atoms with Crippen molar-refractivity contribution in [3.63, 3.8) is 0 Å². The average molecular weight is 394 g/mol. The zero-order valence-corrected chi connectivity index (χ0v) is 16.1. The summed E-state index contributed by atoms with van der Waals surface area (Å²) in [6, 6.07) is 25.7. The third-order valence-electron chi connectivity index (χ3n) is 4.45. The van der Waals surface area contributed by atoms with Crippen LogP contribution in [-0.2, 0) is 5.75 Å². The maximum absolute atomic E-state index is 13.2. The molecule has 5 nitrogen and oxygen atoms in total. The molecule has 0 saturated carbocycles. The minimum atomic E-state index is -0.150. The van der Waals surface area contributed by atoms with Gasteiger partial charge in [0.15, 0.2) is 5.16 Å². The molecule has 0 unspecified atom stereocenters. The summed E-state index contributed by atoms with van der Waals surface area (Å²) in [6.07, 6.45) is 0. The molecule has 0 atom stereocenters. The maximum Gasteiger partial charge on any atom is 0.266 e. The van der Waals surface area contributed by atoms with Crippen molar-refractivity contribution in [3.05, 3.63) is 99.8 Å². The molecule has 0 amide bonds. The second-order valence-corrected chi connectivity index (χ2v) is 7.25. The van der Waals surface area contributed by atoms with Gasteiger partial charge < -0.3 is 0 Å². The van der Waals surface area contributed by atoms with Gasteiger partial charge in [-0.05, 0) is 54.1 Å². The predicted octanol–water partition coefficient (Wildman–Crippen LogP) is 4.42.